The van der Waals surface area contributed by atoms with Gasteiger partial charge in [0.05, 0.1) is 11.1 Å². The van der Waals surface area contributed by atoms with E-state index < -0.39 is 17.9 Å². The molecule has 1 unspecified atom stereocenters. The molecule has 0 aromatic heterocycles. The monoisotopic (exact) mass is 414 g/mol. The van der Waals surface area contributed by atoms with E-state index in [1.165, 1.54) is 12.1 Å². The van der Waals surface area contributed by atoms with Crippen LogP contribution in [0.3, 0.4) is 0 Å². The zero-order valence-corrected chi connectivity index (χ0v) is 17.2. The number of nitrogens with zero attached hydrogens (tertiary/aromatic N) is 1. The van der Waals surface area contributed by atoms with Gasteiger partial charge in [0.15, 0.2) is 0 Å². The van der Waals surface area contributed by atoms with Gasteiger partial charge in [-0.05, 0) is 54.5 Å². The average molecular weight is 415 g/mol. The molecule has 152 valence electrons. The first-order chi connectivity index (χ1) is 13.9. The minimum absolute atomic E-state index is 0.217. The van der Waals surface area contributed by atoms with E-state index in [9.17, 15) is 18.8 Å². The number of hydrogen-bond acceptors (Lipinski definition) is 4. The number of carbonyl (C=O) groups is 3. The fourth-order valence-electron chi connectivity index (χ4n) is 3.29. The van der Waals surface area contributed by atoms with Crippen LogP contribution < -0.4 is 5.32 Å². The molecule has 3 rings (SSSR count). The number of imide groups is 1. The van der Waals surface area contributed by atoms with E-state index in [-0.39, 0.29) is 17.6 Å². The van der Waals surface area contributed by atoms with Gasteiger partial charge in [-0.3, -0.25) is 19.3 Å². The van der Waals surface area contributed by atoms with Crippen molar-refractivity contribution in [1.29, 1.82) is 0 Å². The maximum atomic E-state index is 12.9. The molecule has 1 aliphatic rings. The second-order valence-corrected chi connectivity index (χ2v) is 8.33. The first-order valence-corrected chi connectivity index (χ1v) is 10.5. The molecule has 1 aliphatic heterocycles. The van der Waals surface area contributed by atoms with Crippen LogP contribution in [0.5, 0.6) is 0 Å². The van der Waals surface area contributed by atoms with Crippen LogP contribution in [0.2, 0.25) is 0 Å². The standard InChI is InChI=1S/C22H23FN2O3S/c1-14(2)19(25-21(27)17-6-3-4-7-18(17)22(25)28)20(26)24-12-5-13-29-16-10-8-15(23)9-11-16/h3-4,6-11,14,19H,5,12-13H2,1-2H3,(H,24,26). The van der Waals surface area contributed by atoms with E-state index in [1.54, 1.807) is 48.2 Å². The molecule has 5 nitrogen and oxygen atoms in total. The van der Waals surface area contributed by atoms with Crippen molar-refractivity contribution in [2.75, 3.05) is 12.3 Å². The lowest BCUT2D eigenvalue weighted by molar-refractivity contribution is -0.126. The Balaban J connectivity index is 1.56. The number of rotatable bonds is 8. The molecular formula is C22H23FN2O3S. The van der Waals surface area contributed by atoms with E-state index in [1.807, 2.05) is 13.8 Å². The molecule has 3 amide bonds. The number of carbonyl (C=O) groups excluding carboxylic acids is 3. The Hall–Kier alpha value is -2.67. The van der Waals surface area contributed by atoms with Crippen molar-refractivity contribution >= 4 is 29.5 Å². The number of benzene rings is 2. The third-order valence-electron chi connectivity index (χ3n) is 4.71. The van der Waals surface area contributed by atoms with Crippen molar-refractivity contribution in [2.24, 2.45) is 5.92 Å². The molecule has 0 saturated heterocycles. The van der Waals surface area contributed by atoms with Gasteiger partial charge in [0.25, 0.3) is 11.8 Å². The number of thioether (sulfide) groups is 1. The summed E-state index contributed by atoms with van der Waals surface area (Å²) in [4.78, 5) is 40.2. The first-order valence-electron chi connectivity index (χ1n) is 9.53. The van der Waals surface area contributed by atoms with E-state index in [2.05, 4.69) is 5.32 Å². The molecule has 0 spiro atoms. The molecule has 1 atom stereocenters. The zero-order valence-electron chi connectivity index (χ0n) is 16.4. The third-order valence-corrected chi connectivity index (χ3v) is 5.80. The number of fused-ring (bicyclic) bond motifs is 1. The molecule has 29 heavy (non-hydrogen) atoms. The summed E-state index contributed by atoms with van der Waals surface area (Å²) in [7, 11) is 0. The molecule has 0 fully saturated rings. The highest BCUT2D eigenvalue weighted by Crippen LogP contribution is 2.27. The topological polar surface area (TPSA) is 66.5 Å². The smallest absolute Gasteiger partial charge is 0.262 e. The van der Waals surface area contributed by atoms with E-state index in [4.69, 9.17) is 0 Å². The average Bonchev–Trinajstić information content (AvgIpc) is 2.95. The van der Waals surface area contributed by atoms with Crippen LogP contribution in [0.15, 0.2) is 53.4 Å². The number of nitrogens with one attached hydrogen (secondary N) is 1. The summed E-state index contributed by atoms with van der Waals surface area (Å²) in [6.45, 7) is 4.07. The van der Waals surface area contributed by atoms with E-state index in [0.29, 0.717) is 24.1 Å². The quantitative estimate of drug-likeness (QED) is 0.406. The highest BCUT2D eigenvalue weighted by atomic mass is 32.2. The number of amides is 3. The lowest BCUT2D eigenvalue weighted by Gasteiger charge is -2.28. The van der Waals surface area contributed by atoms with Crippen LogP contribution in [-0.4, -0.2) is 41.0 Å². The Kier molecular flexibility index (Phi) is 6.69. The molecule has 7 heteroatoms. The summed E-state index contributed by atoms with van der Waals surface area (Å²) in [5.41, 5.74) is 0.679. The van der Waals surface area contributed by atoms with Gasteiger partial charge < -0.3 is 5.32 Å². The molecule has 1 N–H and O–H groups in total. The Bertz CT molecular complexity index is 880. The van der Waals surface area contributed by atoms with Crippen molar-refractivity contribution in [3.63, 3.8) is 0 Å². The van der Waals surface area contributed by atoms with Gasteiger partial charge in [-0.1, -0.05) is 26.0 Å². The van der Waals surface area contributed by atoms with Gasteiger partial charge >= 0.3 is 0 Å². The lowest BCUT2D eigenvalue weighted by Crippen LogP contribution is -2.52. The normalized spacial score (nSPS) is 14.3. The Morgan fingerprint density at radius 3 is 2.17 bits per heavy atom. The summed E-state index contributed by atoms with van der Waals surface area (Å²) in [5.74, 6) is -0.912. The first kappa shape index (κ1) is 21.0. The van der Waals surface area contributed by atoms with E-state index >= 15 is 0 Å². The SMILES string of the molecule is CC(C)C(C(=O)NCCCSc1ccc(F)cc1)N1C(=O)c2ccccc2C1=O. The van der Waals surface area contributed by atoms with Crippen LogP contribution in [0, 0.1) is 11.7 Å². The minimum atomic E-state index is -0.854. The summed E-state index contributed by atoms with van der Waals surface area (Å²) in [6, 6.07) is 12.0. The highest BCUT2D eigenvalue weighted by molar-refractivity contribution is 7.99. The minimum Gasteiger partial charge on any atom is -0.354 e. The summed E-state index contributed by atoms with van der Waals surface area (Å²) in [6.07, 6.45) is 0.709. The third kappa shape index (κ3) is 4.67. The highest BCUT2D eigenvalue weighted by Gasteiger charge is 2.43. The van der Waals surface area contributed by atoms with Crippen LogP contribution in [0.4, 0.5) is 4.39 Å². The largest absolute Gasteiger partial charge is 0.354 e. The van der Waals surface area contributed by atoms with Gasteiger partial charge in [0.2, 0.25) is 5.91 Å². The van der Waals surface area contributed by atoms with Crippen molar-refractivity contribution < 1.29 is 18.8 Å². The molecule has 2 aromatic rings. The summed E-state index contributed by atoms with van der Waals surface area (Å²) in [5, 5.41) is 2.85. The lowest BCUT2D eigenvalue weighted by atomic mass is 10.0. The Morgan fingerprint density at radius 2 is 1.62 bits per heavy atom. The molecular weight excluding hydrogens is 391 g/mol. The number of hydrogen-bond donors (Lipinski definition) is 1. The maximum absolute atomic E-state index is 12.9. The molecule has 1 heterocycles. The molecule has 0 radical (unpaired) electrons. The second-order valence-electron chi connectivity index (χ2n) is 7.16. The fourth-order valence-corrected chi connectivity index (χ4v) is 4.14. The Morgan fingerprint density at radius 1 is 1.03 bits per heavy atom. The number of halogens is 1. The van der Waals surface area contributed by atoms with Crippen molar-refractivity contribution in [3.05, 3.63) is 65.5 Å². The van der Waals surface area contributed by atoms with Gasteiger partial charge in [-0.2, -0.15) is 0 Å². The van der Waals surface area contributed by atoms with Crippen LogP contribution in [0.25, 0.3) is 0 Å². The van der Waals surface area contributed by atoms with Crippen LogP contribution in [-0.2, 0) is 4.79 Å². The van der Waals surface area contributed by atoms with Crippen LogP contribution >= 0.6 is 11.8 Å². The molecule has 0 bridgehead atoms. The van der Waals surface area contributed by atoms with Gasteiger partial charge in [-0.25, -0.2) is 4.39 Å². The summed E-state index contributed by atoms with van der Waals surface area (Å²) < 4.78 is 12.9. The van der Waals surface area contributed by atoms with Crippen molar-refractivity contribution in [3.8, 4) is 0 Å². The van der Waals surface area contributed by atoms with E-state index in [0.717, 1.165) is 15.5 Å². The van der Waals surface area contributed by atoms with Gasteiger partial charge in [0, 0.05) is 11.4 Å². The van der Waals surface area contributed by atoms with Gasteiger partial charge in [0.1, 0.15) is 11.9 Å². The second kappa shape index (κ2) is 9.22. The van der Waals surface area contributed by atoms with Crippen LogP contribution in [0.1, 0.15) is 41.0 Å². The zero-order chi connectivity index (χ0) is 21.0. The molecule has 2 aromatic carbocycles. The Labute approximate surface area is 173 Å². The van der Waals surface area contributed by atoms with Crippen molar-refractivity contribution in [1.82, 2.24) is 10.2 Å². The molecule has 0 aliphatic carbocycles. The fraction of sp³-hybridized carbons (Fsp3) is 0.318. The predicted molar refractivity (Wildman–Crippen MR) is 110 cm³/mol. The molecule has 0 saturated carbocycles. The maximum Gasteiger partial charge on any atom is 0.262 e. The van der Waals surface area contributed by atoms with Gasteiger partial charge in [-0.15, -0.1) is 11.8 Å². The predicted octanol–water partition coefficient (Wildman–Crippen LogP) is 3.74. The van der Waals surface area contributed by atoms with Crippen molar-refractivity contribution in [2.45, 2.75) is 31.2 Å². The summed E-state index contributed by atoms with van der Waals surface area (Å²) >= 11 is 1.58.